The number of aliphatic imine (C=N–C) groups is 2. The predicted molar refractivity (Wildman–Crippen MR) is 229 cm³/mol. The van der Waals surface area contributed by atoms with Crippen LogP contribution in [0.1, 0.15) is 78.3 Å². The average Bonchev–Trinajstić information content (AvgIpc) is 3.92. The van der Waals surface area contributed by atoms with Gasteiger partial charge in [0.1, 0.15) is 0 Å². The second kappa shape index (κ2) is 18.0. The molecule has 0 N–H and O–H groups in total. The SMILES string of the molecule is O=C(c1ccccc1)N1C(c2[c-]c(C3=N[C@@H](c4ccccc4)[C@H](c4ccccc4)N3C(=O)c3ccccc3)ccc2)=N[C@@H](c2ccccc2)[C@@H]1c1ccccc1.[Br][Pd+]. The number of carbonyl (C=O) groups excluding carboxylic acids is 2. The number of hydrogen-bond donors (Lipinski definition) is 0. The van der Waals surface area contributed by atoms with Gasteiger partial charge in [-0.1, -0.05) is 169 Å². The van der Waals surface area contributed by atoms with Gasteiger partial charge in [0.25, 0.3) is 11.8 Å². The van der Waals surface area contributed by atoms with Crippen molar-refractivity contribution in [3.05, 3.63) is 251 Å². The van der Waals surface area contributed by atoms with E-state index in [1.165, 1.54) is 0 Å². The zero-order valence-corrected chi connectivity index (χ0v) is 34.3. The molecule has 286 valence electrons. The Balaban J connectivity index is 0.00000231. The number of carbonyl (C=O) groups is 2. The molecule has 6 nitrogen and oxygen atoms in total. The molecule has 0 saturated heterocycles. The molecule has 7 aromatic carbocycles. The first-order valence-electron chi connectivity index (χ1n) is 18.9. The third-order valence-electron chi connectivity index (χ3n) is 10.5. The summed E-state index contributed by atoms with van der Waals surface area (Å²) in [5.41, 5.74) is 6.29. The fraction of sp³-hybridized carbons (Fsp3) is 0.0800. The van der Waals surface area contributed by atoms with Crippen molar-refractivity contribution < 1.29 is 26.8 Å². The standard InChI is InChI=1S/C50H37N4O2.BrH.Pd/c55-49(39-28-15-5-16-29-39)53-45(37-24-11-3-12-25-37)43(35-20-7-1-8-21-35)51-47(53)41-32-19-33-42(34-41)48-52-44(36-22-9-2-10-23-36)46(38-26-13-4-14-27-38)54(48)50(56)40-30-17-6-18-31-40;;/h1-33,43-46H;1H;/q-1;;+2/p-1/t43-,44-,45-,46-;;/m0../s1. The quantitative estimate of drug-likeness (QED) is 0.113. The van der Waals surface area contributed by atoms with Gasteiger partial charge in [0.2, 0.25) is 0 Å². The molecule has 58 heavy (non-hydrogen) atoms. The topological polar surface area (TPSA) is 65.3 Å². The van der Waals surface area contributed by atoms with Crippen LogP contribution < -0.4 is 0 Å². The maximum atomic E-state index is 14.8. The predicted octanol–water partition coefficient (Wildman–Crippen LogP) is 11.1. The molecule has 2 aliphatic rings. The molecular formula is C50H37BrN4O2Pd. The molecule has 2 aliphatic heterocycles. The summed E-state index contributed by atoms with van der Waals surface area (Å²) in [5, 5.41) is 0. The fourth-order valence-electron chi connectivity index (χ4n) is 7.87. The Morgan fingerprint density at radius 1 is 0.414 bits per heavy atom. The summed E-state index contributed by atoms with van der Waals surface area (Å²) < 4.78 is 0. The van der Waals surface area contributed by atoms with Gasteiger partial charge < -0.3 is 9.80 Å². The molecule has 0 unspecified atom stereocenters. The van der Waals surface area contributed by atoms with Crippen molar-refractivity contribution in [2.75, 3.05) is 0 Å². The minimum absolute atomic E-state index is 0.164. The van der Waals surface area contributed by atoms with E-state index in [0.717, 1.165) is 22.3 Å². The molecule has 8 heteroatoms. The Morgan fingerprint density at radius 2 is 0.707 bits per heavy atom. The zero-order chi connectivity index (χ0) is 39.8. The second-order valence-corrected chi connectivity index (χ2v) is 13.9. The van der Waals surface area contributed by atoms with Gasteiger partial charge in [-0.05, 0) is 46.5 Å². The van der Waals surface area contributed by atoms with Crippen molar-refractivity contribution in [2.45, 2.75) is 24.2 Å². The summed E-state index contributed by atoms with van der Waals surface area (Å²) in [7, 11) is 0. The van der Waals surface area contributed by atoms with Crippen LogP contribution >= 0.6 is 13.4 Å². The molecule has 0 spiro atoms. The summed E-state index contributed by atoms with van der Waals surface area (Å²) >= 11 is 5.35. The number of hydrogen-bond acceptors (Lipinski definition) is 4. The summed E-state index contributed by atoms with van der Waals surface area (Å²) in [5.74, 6) is 0.676. The van der Waals surface area contributed by atoms with Crippen LogP contribution in [0.25, 0.3) is 0 Å². The number of amides is 2. The molecule has 4 atom stereocenters. The maximum absolute atomic E-state index is 14.8. The Bertz CT molecular complexity index is 2370. The first-order valence-corrected chi connectivity index (χ1v) is 22.5. The molecule has 0 radical (unpaired) electrons. The molecule has 2 heterocycles. The molecule has 0 saturated carbocycles. The summed E-state index contributed by atoms with van der Waals surface area (Å²) in [6.07, 6.45) is 0. The molecule has 2 amide bonds. The normalized spacial score (nSPS) is 18.5. The molecule has 9 rings (SSSR count). The molecular weight excluding hydrogens is 875 g/mol. The second-order valence-electron chi connectivity index (χ2n) is 13.9. The number of rotatable bonds is 8. The Labute approximate surface area is 356 Å². The van der Waals surface area contributed by atoms with Crippen LogP contribution in [0.5, 0.6) is 0 Å². The third kappa shape index (κ3) is 7.79. The van der Waals surface area contributed by atoms with Crippen molar-refractivity contribution in [1.82, 2.24) is 9.80 Å². The Morgan fingerprint density at radius 3 is 1.03 bits per heavy atom. The Hall–Kier alpha value is -6.04. The van der Waals surface area contributed by atoms with Crippen molar-refractivity contribution in [3.8, 4) is 0 Å². The first kappa shape index (κ1) is 38.8. The van der Waals surface area contributed by atoms with Gasteiger partial charge in [0, 0.05) is 11.1 Å². The zero-order valence-electron chi connectivity index (χ0n) is 31.2. The molecule has 0 bridgehead atoms. The van der Waals surface area contributed by atoms with E-state index in [1.54, 1.807) is 0 Å². The van der Waals surface area contributed by atoms with E-state index < -0.39 is 12.1 Å². The molecule has 0 aliphatic carbocycles. The van der Waals surface area contributed by atoms with Crippen molar-refractivity contribution in [1.29, 1.82) is 0 Å². The van der Waals surface area contributed by atoms with Crippen LogP contribution in [0.2, 0.25) is 0 Å². The number of benzene rings is 7. The van der Waals surface area contributed by atoms with E-state index in [9.17, 15) is 9.59 Å². The van der Waals surface area contributed by atoms with Crippen LogP contribution in [0.4, 0.5) is 0 Å². The average molecular weight is 912 g/mol. The molecule has 0 fully saturated rings. The van der Waals surface area contributed by atoms with E-state index in [-0.39, 0.29) is 23.9 Å². The van der Waals surface area contributed by atoms with Gasteiger partial charge in [0.05, 0.1) is 35.8 Å². The van der Waals surface area contributed by atoms with Gasteiger partial charge >= 0.3 is 30.6 Å². The summed E-state index contributed by atoms with van der Waals surface area (Å²) in [6, 6.07) is 66.9. The van der Waals surface area contributed by atoms with Crippen LogP contribution in [0.3, 0.4) is 0 Å². The molecule has 7 aromatic rings. The van der Waals surface area contributed by atoms with Crippen LogP contribution in [0.15, 0.2) is 210 Å². The van der Waals surface area contributed by atoms with Crippen LogP contribution in [-0.2, 0) is 17.2 Å². The van der Waals surface area contributed by atoms with Crippen LogP contribution in [0, 0.1) is 6.07 Å². The number of nitrogens with zero attached hydrogens (tertiary/aromatic N) is 4. The number of amidine groups is 2. The fourth-order valence-corrected chi connectivity index (χ4v) is 7.87. The van der Waals surface area contributed by atoms with Crippen molar-refractivity contribution in [2.24, 2.45) is 9.98 Å². The van der Waals surface area contributed by atoms with Gasteiger partial charge in [-0.2, -0.15) is 0 Å². The van der Waals surface area contributed by atoms with Crippen molar-refractivity contribution in [3.63, 3.8) is 0 Å². The van der Waals surface area contributed by atoms with E-state index in [2.05, 4.69) is 85.2 Å². The van der Waals surface area contributed by atoms with E-state index in [0.29, 0.717) is 33.9 Å². The number of halogens is 1. The van der Waals surface area contributed by atoms with E-state index >= 15 is 0 Å². The van der Waals surface area contributed by atoms with E-state index in [4.69, 9.17) is 9.98 Å². The van der Waals surface area contributed by atoms with Crippen molar-refractivity contribution >= 4 is 36.9 Å². The third-order valence-corrected chi connectivity index (χ3v) is 10.5. The Kier molecular flexibility index (Phi) is 12.1. The van der Waals surface area contributed by atoms with Gasteiger partial charge in [-0.25, -0.2) is 0 Å². The van der Waals surface area contributed by atoms with Gasteiger partial charge in [-0.3, -0.25) is 19.6 Å². The monoisotopic (exact) mass is 910 g/mol. The molecule has 0 aromatic heterocycles. The summed E-state index contributed by atoms with van der Waals surface area (Å²) in [4.78, 5) is 44.0. The van der Waals surface area contributed by atoms with E-state index in [1.807, 2.05) is 161 Å². The van der Waals surface area contributed by atoms with Crippen LogP contribution in [-0.4, -0.2) is 33.3 Å². The van der Waals surface area contributed by atoms with Gasteiger partial charge in [-0.15, -0.1) is 24.3 Å². The first-order chi connectivity index (χ1) is 28.7. The van der Waals surface area contributed by atoms with Gasteiger partial charge in [0.15, 0.2) is 0 Å². The minimum atomic E-state index is -0.428. The summed E-state index contributed by atoms with van der Waals surface area (Å²) in [6.45, 7) is 0.